The standard InChI is InChI=1S/C22H24F3N3O4/c1-20(2,3)32-18(29)27-17-14(21(4)7-8-31-19(30)28(21)27)10-13-12-9-11(22(23,24)25)5-6-15(12)26-16(13)17/h5-6,9-10,13,16-17,26H,7-8H2,1-4H3/t13-,16+,17+,21-/m1/s1. The smallest absolute Gasteiger partial charge is 0.430 e. The van der Waals surface area contributed by atoms with Crippen LogP contribution < -0.4 is 5.32 Å². The van der Waals surface area contributed by atoms with Crippen LogP contribution >= 0.6 is 0 Å². The molecule has 2 amide bonds. The van der Waals surface area contributed by atoms with E-state index in [1.807, 2.05) is 13.0 Å². The Morgan fingerprint density at radius 3 is 2.66 bits per heavy atom. The number of fused-ring (bicyclic) bond motifs is 7. The molecule has 2 saturated heterocycles. The summed E-state index contributed by atoms with van der Waals surface area (Å²) in [4.78, 5) is 26.0. The van der Waals surface area contributed by atoms with Crippen LogP contribution in [0.1, 0.15) is 51.2 Å². The number of amides is 2. The van der Waals surface area contributed by atoms with Crippen LogP contribution in [0.4, 0.5) is 28.4 Å². The van der Waals surface area contributed by atoms with Crippen molar-refractivity contribution >= 4 is 17.9 Å². The van der Waals surface area contributed by atoms with Gasteiger partial charge in [-0.25, -0.2) is 19.6 Å². The molecule has 0 saturated carbocycles. The van der Waals surface area contributed by atoms with Crippen LogP contribution in [0.3, 0.4) is 0 Å². The van der Waals surface area contributed by atoms with Gasteiger partial charge in [0.05, 0.1) is 23.8 Å². The SMILES string of the molecule is CC(C)(C)OC(=O)N1[C@H]2C(=C[C@@H]3c4cc(C(F)(F)F)ccc4N[C@@H]32)[C@@]2(C)CCOC(=O)N12. The maximum absolute atomic E-state index is 13.3. The fourth-order valence-corrected chi connectivity index (χ4v) is 5.27. The number of hydrogen-bond donors (Lipinski definition) is 1. The van der Waals surface area contributed by atoms with Crippen molar-refractivity contribution in [3.63, 3.8) is 0 Å². The highest BCUT2D eigenvalue weighted by molar-refractivity contribution is 5.81. The van der Waals surface area contributed by atoms with Gasteiger partial charge in [0.1, 0.15) is 11.6 Å². The summed E-state index contributed by atoms with van der Waals surface area (Å²) in [6, 6.07) is 2.61. The van der Waals surface area contributed by atoms with Crippen molar-refractivity contribution in [2.24, 2.45) is 0 Å². The van der Waals surface area contributed by atoms with Crippen molar-refractivity contribution in [3.05, 3.63) is 41.0 Å². The molecule has 2 fully saturated rings. The zero-order valence-electron chi connectivity index (χ0n) is 18.1. The molecule has 0 bridgehead atoms. The number of carbonyl (C=O) groups excluding carboxylic acids is 2. The van der Waals surface area contributed by atoms with Crippen LogP contribution in [0.5, 0.6) is 0 Å². The van der Waals surface area contributed by atoms with Crippen molar-refractivity contribution in [1.82, 2.24) is 10.0 Å². The molecule has 1 aliphatic carbocycles. The third-order valence-electron chi connectivity index (χ3n) is 6.60. The van der Waals surface area contributed by atoms with Crippen molar-refractivity contribution in [1.29, 1.82) is 0 Å². The number of carbonyl (C=O) groups is 2. The molecule has 0 spiro atoms. The van der Waals surface area contributed by atoms with Crippen molar-refractivity contribution in [2.75, 3.05) is 11.9 Å². The highest BCUT2D eigenvalue weighted by Gasteiger charge is 2.64. The predicted molar refractivity (Wildman–Crippen MR) is 108 cm³/mol. The molecule has 0 unspecified atom stereocenters. The normalized spacial score (nSPS) is 30.7. The molecule has 10 heteroatoms. The van der Waals surface area contributed by atoms with E-state index in [1.165, 1.54) is 16.1 Å². The average molecular weight is 451 g/mol. The van der Waals surface area contributed by atoms with E-state index in [-0.39, 0.29) is 12.5 Å². The van der Waals surface area contributed by atoms with Gasteiger partial charge in [-0.3, -0.25) is 0 Å². The molecule has 1 aromatic rings. The van der Waals surface area contributed by atoms with E-state index in [4.69, 9.17) is 9.47 Å². The van der Waals surface area contributed by atoms with Gasteiger partial charge in [-0.05, 0) is 57.0 Å². The summed E-state index contributed by atoms with van der Waals surface area (Å²) < 4.78 is 50.8. The first-order valence-electron chi connectivity index (χ1n) is 10.5. The summed E-state index contributed by atoms with van der Waals surface area (Å²) >= 11 is 0. The Balaban J connectivity index is 1.60. The molecule has 5 rings (SSSR count). The minimum absolute atomic E-state index is 0.190. The van der Waals surface area contributed by atoms with E-state index in [1.54, 1.807) is 20.8 Å². The molecule has 1 N–H and O–H groups in total. The van der Waals surface area contributed by atoms with Crippen LogP contribution in [0.25, 0.3) is 0 Å². The highest BCUT2D eigenvalue weighted by Crippen LogP contribution is 2.55. The fourth-order valence-electron chi connectivity index (χ4n) is 5.27. The molecule has 0 radical (unpaired) electrons. The maximum atomic E-state index is 13.3. The van der Waals surface area contributed by atoms with Crippen LogP contribution in [0.2, 0.25) is 0 Å². The number of anilines is 1. The number of alkyl halides is 3. The molecule has 3 aliphatic heterocycles. The summed E-state index contributed by atoms with van der Waals surface area (Å²) in [6.45, 7) is 7.22. The summed E-state index contributed by atoms with van der Waals surface area (Å²) in [5.74, 6) is -0.367. The number of ether oxygens (including phenoxy) is 2. The number of halogens is 3. The van der Waals surface area contributed by atoms with E-state index in [9.17, 15) is 22.8 Å². The number of cyclic esters (lactones) is 1. The van der Waals surface area contributed by atoms with Crippen LogP contribution in [0, 0.1) is 0 Å². The molecule has 7 nitrogen and oxygen atoms in total. The van der Waals surface area contributed by atoms with E-state index in [0.717, 1.165) is 17.7 Å². The van der Waals surface area contributed by atoms with Gasteiger partial charge in [-0.2, -0.15) is 13.2 Å². The number of benzene rings is 1. The number of nitrogens with zero attached hydrogens (tertiary/aromatic N) is 2. The van der Waals surface area contributed by atoms with Gasteiger partial charge < -0.3 is 14.8 Å². The van der Waals surface area contributed by atoms with Gasteiger partial charge in [-0.15, -0.1) is 0 Å². The second-order valence-electron chi connectivity index (χ2n) is 9.84. The fraction of sp³-hybridized carbons (Fsp3) is 0.545. The quantitative estimate of drug-likeness (QED) is 0.581. The Morgan fingerprint density at radius 1 is 1.28 bits per heavy atom. The third-order valence-corrected chi connectivity index (χ3v) is 6.60. The molecule has 4 aliphatic rings. The molecule has 3 heterocycles. The van der Waals surface area contributed by atoms with Gasteiger partial charge in [0.2, 0.25) is 0 Å². The zero-order chi connectivity index (χ0) is 23.2. The van der Waals surface area contributed by atoms with Crippen LogP contribution in [-0.2, 0) is 15.7 Å². The molecule has 4 atom stereocenters. The summed E-state index contributed by atoms with van der Waals surface area (Å²) in [7, 11) is 0. The molecule has 172 valence electrons. The molecular weight excluding hydrogens is 427 g/mol. The Hall–Kier alpha value is -2.91. The summed E-state index contributed by atoms with van der Waals surface area (Å²) in [6.07, 6.45) is -3.44. The predicted octanol–water partition coefficient (Wildman–Crippen LogP) is 4.66. The monoisotopic (exact) mass is 451 g/mol. The Morgan fingerprint density at radius 2 is 2.00 bits per heavy atom. The lowest BCUT2D eigenvalue weighted by Gasteiger charge is -2.42. The second-order valence-corrected chi connectivity index (χ2v) is 9.84. The highest BCUT2D eigenvalue weighted by atomic mass is 19.4. The van der Waals surface area contributed by atoms with E-state index >= 15 is 0 Å². The summed E-state index contributed by atoms with van der Waals surface area (Å²) in [5, 5.41) is 5.88. The van der Waals surface area contributed by atoms with Gasteiger partial charge in [0, 0.05) is 18.0 Å². The minimum atomic E-state index is -4.45. The lowest BCUT2D eigenvalue weighted by atomic mass is 9.86. The lowest BCUT2D eigenvalue weighted by molar-refractivity contribution is -0.137. The minimum Gasteiger partial charge on any atom is -0.448 e. The number of nitrogens with one attached hydrogen (secondary N) is 1. The Bertz CT molecular complexity index is 1050. The van der Waals surface area contributed by atoms with Crippen LogP contribution in [0.15, 0.2) is 29.8 Å². The van der Waals surface area contributed by atoms with Gasteiger partial charge in [0.25, 0.3) is 0 Å². The van der Waals surface area contributed by atoms with Gasteiger partial charge in [-0.1, -0.05) is 6.08 Å². The van der Waals surface area contributed by atoms with E-state index in [0.29, 0.717) is 17.7 Å². The average Bonchev–Trinajstić information content (AvgIpc) is 3.26. The first-order valence-corrected chi connectivity index (χ1v) is 10.5. The zero-order valence-corrected chi connectivity index (χ0v) is 18.1. The van der Waals surface area contributed by atoms with Crippen molar-refractivity contribution in [3.8, 4) is 0 Å². The van der Waals surface area contributed by atoms with E-state index < -0.39 is 47.1 Å². The van der Waals surface area contributed by atoms with Crippen molar-refractivity contribution < 1.29 is 32.2 Å². The molecule has 32 heavy (non-hydrogen) atoms. The number of rotatable bonds is 0. The topological polar surface area (TPSA) is 71.1 Å². The van der Waals surface area contributed by atoms with Crippen molar-refractivity contribution in [2.45, 2.75) is 69.4 Å². The summed E-state index contributed by atoms with van der Waals surface area (Å²) in [5.41, 5.74) is -0.414. The number of hydrogen-bond acceptors (Lipinski definition) is 5. The maximum Gasteiger partial charge on any atom is 0.430 e. The first-order chi connectivity index (χ1) is 14.8. The largest absolute Gasteiger partial charge is 0.448 e. The molecule has 0 aromatic heterocycles. The third kappa shape index (κ3) is 2.87. The van der Waals surface area contributed by atoms with Gasteiger partial charge in [0.15, 0.2) is 0 Å². The lowest BCUT2D eigenvalue weighted by Crippen LogP contribution is -2.60. The Kier molecular flexibility index (Phi) is 4.14. The first kappa shape index (κ1) is 21.0. The number of hydrazine groups is 1. The second kappa shape index (κ2) is 6.32. The van der Waals surface area contributed by atoms with Crippen LogP contribution in [-0.4, -0.2) is 52.0 Å². The molecule has 1 aromatic carbocycles. The van der Waals surface area contributed by atoms with Gasteiger partial charge >= 0.3 is 18.4 Å². The van der Waals surface area contributed by atoms with E-state index in [2.05, 4.69) is 5.32 Å². The molecular formula is C22H24F3N3O4. The Labute approximate surface area is 183 Å².